The van der Waals surface area contributed by atoms with E-state index < -0.39 is 6.04 Å². The molecule has 1 aliphatic heterocycles. The molecule has 0 spiro atoms. The fourth-order valence-electron chi connectivity index (χ4n) is 3.21. The maximum atomic E-state index is 11.8. The highest BCUT2D eigenvalue weighted by atomic mass is 16.5. The van der Waals surface area contributed by atoms with Gasteiger partial charge in [0.2, 0.25) is 5.91 Å². The number of aromatic nitrogens is 2. The van der Waals surface area contributed by atoms with Crippen LogP contribution in [-0.2, 0) is 16.1 Å². The minimum Gasteiger partial charge on any atom is -0.373 e. The molecule has 1 aromatic carbocycles. The monoisotopic (exact) mass is 328 g/mol. The number of hydrogen-bond donors (Lipinski definition) is 2. The van der Waals surface area contributed by atoms with Gasteiger partial charge in [-0.15, -0.1) is 0 Å². The van der Waals surface area contributed by atoms with E-state index >= 15 is 0 Å². The first-order valence-electron chi connectivity index (χ1n) is 8.40. The van der Waals surface area contributed by atoms with Crippen molar-refractivity contribution < 1.29 is 9.53 Å². The zero-order chi connectivity index (χ0) is 16.9. The van der Waals surface area contributed by atoms with Crippen LogP contribution in [0.25, 0.3) is 0 Å². The average Bonchev–Trinajstić information content (AvgIpc) is 3.24. The summed E-state index contributed by atoms with van der Waals surface area (Å²) in [7, 11) is 0. The summed E-state index contributed by atoms with van der Waals surface area (Å²) in [4.78, 5) is 11.8. The van der Waals surface area contributed by atoms with Crippen LogP contribution in [0, 0.1) is 5.92 Å². The van der Waals surface area contributed by atoms with Crippen LogP contribution in [0.2, 0.25) is 0 Å². The molecular formula is C18H24N4O2. The highest BCUT2D eigenvalue weighted by Gasteiger charge is 2.31. The molecule has 0 saturated carbocycles. The Kier molecular flexibility index (Phi) is 5.27. The summed E-state index contributed by atoms with van der Waals surface area (Å²) in [6, 6.07) is 9.09. The van der Waals surface area contributed by atoms with Crippen molar-refractivity contribution in [1.29, 1.82) is 0 Å². The number of aryl methyl sites for hydroxylation is 1. The van der Waals surface area contributed by atoms with Crippen LogP contribution in [0.15, 0.2) is 42.7 Å². The van der Waals surface area contributed by atoms with Crippen molar-refractivity contribution in [2.75, 3.05) is 13.2 Å². The van der Waals surface area contributed by atoms with E-state index in [9.17, 15) is 4.79 Å². The number of ether oxygens (including phenoxy) is 1. The predicted octanol–water partition coefficient (Wildman–Crippen LogP) is 1.80. The Morgan fingerprint density at radius 3 is 2.92 bits per heavy atom. The van der Waals surface area contributed by atoms with Gasteiger partial charge in [0, 0.05) is 37.4 Å². The lowest BCUT2D eigenvalue weighted by Gasteiger charge is -2.21. The number of primary amides is 1. The van der Waals surface area contributed by atoms with Gasteiger partial charge in [-0.1, -0.05) is 30.3 Å². The van der Waals surface area contributed by atoms with Gasteiger partial charge in [-0.2, -0.15) is 5.10 Å². The molecule has 1 aliphatic rings. The summed E-state index contributed by atoms with van der Waals surface area (Å²) in [5.41, 5.74) is 7.56. The molecule has 1 saturated heterocycles. The zero-order valence-electron chi connectivity index (χ0n) is 13.9. The van der Waals surface area contributed by atoms with Crippen LogP contribution in [0.4, 0.5) is 0 Å². The second kappa shape index (κ2) is 7.59. The van der Waals surface area contributed by atoms with Crippen molar-refractivity contribution in [2.24, 2.45) is 11.7 Å². The third-order valence-corrected chi connectivity index (χ3v) is 4.52. The number of carbonyl (C=O) groups is 1. The highest BCUT2D eigenvalue weighted by Crippen LogP contribution is 2.34. The largest absolute Gasteiger partial charge is 0.373 e. The second-order valence-corrected chi connectivity index (χ2v) is 6.12. The number of nitrogens with two attached hydrogens (primary N) is 1. The maximum absolute atomic E-state index is 11.8. The van der Waals surface area contributed by atoms with Gasteiger partial charge in [-0.25, -0.2) is 0 Å². The van der Waals surface area contributed by atoms with Crippen molar-refractivity contribution in [3.05, 3.63) is 53.9 Å². The average molecular weight is 328 g/mol. The summed E-state index contributed by atoms with van der Waals surface area (Å²) in [5, 5.41) is 7.64. The molecule has 0 unspecified atom stereocenters. The van der Waals surface area contributed by atoms with Gasteiger partial charge in [0.1, 0.15) is 6.04 Å². The molecule has 0 bridgehead atoms. The number of nitrogens with one attached hydrogen (secondary N) is 1. The van der Waals surface area contributed by atoms with Crippen LogP contribution in [0.5, 0.6) is 0 Å². The second-order valence-electron chi connectivity index (χ2n) is 6.12. The summed E-state index contributed by atoms with van der Waals surface area (Å²) >= 11 is 0. The molecule has 3 N–H and O–H groups in total. The van der Waals surface area contributed by atoms with Crippen LogP contribution < -0.4 is 11.1 Å². The van der Waals surface area contributed by atoms with Crippen LogP contribution >= 0.6 is 0 Å². The van der Waals surface area contributed by atoms with Crippen LogP contribution in [0.3, 0.4) is 0 Å². The molecule has 3 rings (SSSR count). The molecule has 2 aromatic rings. The Morgan fingerprint density at radius 1 is 1.46 bits per heavy atom. The van der Waals surface area contributed by atoms with E-state index in [0.717, 1.165) is 30.7 Å². The van der Waals surface area contributed by atoms with Crippen molar-refractivity contribution in [1.82, 2.24) is 15.1 Å². The number of nitrogens with zero attached hydrogens (tertiary/aromatic N) is 2. The fraction of sp³-hybridized carbons (Fsp3) is 0.444. The normalized spacial score (nSPS) is 21.7. The number of benzene rings is 1. The molecule has 2 heterocycles. The quantitative estimate of drug-likeness (QED) is 0.812. The molecule has 0 aliphatic carbocycles. The van der Waals surface area contributed by atoms with E-state index in [0.29, 0.717) is 12.5 Å². The molecule has 1 fully saturated rings. The lowest BCUT2D eigenvalue weighted by Crippen LogP contribution is -2.37. The zero-order valence-corrected chi connectivity index (χ0v) is 13.9. The Labute approximate surface area is 142 Å². The first-order chi connectivity index (χ1) is 11.7. The molecular weight excluding hydrogens is 304 g/mol. The number of carbonyl (C=O) groups excluding carboxylic acids is 1. The van der Waals surface area contributed by atoms with E-state index in [1.165, 1.54) is 0 Å². The first kappa shape index (κ1) is 16.7. The van der Waals surface area contributed by atoms with Gasteiger partial charge < -0.3 is 15.8 Å². The number of hydrogen-bond acceptors (Lipinski definition) is 4. The Balaban J connectivity index is 1.66. The Bertz CT molecular complexity index is 671. The third-order valence-electron chi connectivity index (χ3n) is 4.52. The number of rotatable bonds is 7. The maximum Gasteiger partial charge on any atom is 0.239 e. The van der Waals surface area contributed by atoms with Crippen molar-refractivity contribution in [3.63, 3.8) is 0 Å². The van der Waals surface area contributed by atoms with E-state index in [1.807, 2.05) is 47.4 Å². The van der Waals surface area contributed by atoms with Gasteiger partial charge in [0.05, 0.1) is 12.3 Å². The summed E-state index contributed by atoms with van der Waals surface area (Å²) in [5.74, 6) is -0.0689. The van der Waals surface area contributed by atoms with E-state index in [2.05, 4.69) is 17.3 Å². The van der Waals surface area contributed by atoms with Crippen LogP contribution in [0.1, 0.15) is 36.6 Å². The molecule has 6 nitrogen and oxygen atoms in total. The molecule has 1 aromatic heterocycles. The van der Waals surface area contributed by atoms with Gasteiger partial charge in [0.15, 0.2) is 0 Å². The molecule has 6 heteroatoms. The summed E-state index contributed by atoms with van der Waals surface area (Å²) in [6.07, 6.45) is 4.87. The molecule has 0 radical (unpaired) electrons. The minimum absolute atomic E-state index is 0.0158. The van der Waals surface area contributed by atoms with Gasteiger partial charge in [-0.05, 0) is 18.9 Å². The van der Waals surface area contributed by atoms with Crippen molar-refractivity contribution >= 4 is 5.91 Å². The summed E-state index contributed by atoms with van der Waals surface area (Å²) in [6.45, 7) is 4.29. The summed E-state index contributed by atoms with van der Waals surface area (Å²) < 4.78 is 7.80. The standard InChI is InChI=1S/C18H24N4O2/c1-2-22-12-15(11-21-22)17-14(8-9-24-17)10-20-16(18(19)23)13-6-4-3-5-7-13/h3-7,11-12,14,16-17,20H,2,8-10H2,1H3,(H2,19,23)/t14-,16+,17+/m0/s1. The minimum atomic E-state index is -0.481. The lowest BCUT2D eigenvalue weighted by molar-refractivity contribution is -0.120. The number of amides is 1. The van der Waals surface area contributed by atoms with Gasteiger partial charge in [-0.3, -0.25) is 9.48 Å². The van der Waals surface area contributed by atoms with E-state index in [1.54, 1.807) is 0 Å². The van der Waals surface area contributed by atoms with Crippen molar-refractivity contribution in [3.8, 4) is 0 Å². The first-order valence-corrected chi connectivity index (χ1v) is 8.40. The Morgan fingerprint density at radius 2 is 2.25 bits per heavy atom. The molecule has 1 amide bonds. The van der Waals surface area contributed by atoms with Crippen molar-refractivity contribution in [2.45, 2.75) is 32.0 Å². The van der Waals surface area contributed by atoms with Gasteiger partial charge >= 0.3 is 0 Å². The SMILES string of the molecule is CCn1cc([C@@H]2OCC[C@H]2CN[C@@H](C(N)=O)c2ccccc2)cn1. The van der Waals surface area contributed by atoms with Crippen LogP contribution in [-0.4, -0.2) is 28.8 Å². The van der Waals surface area contributed by atoms with Gasteiger partial charge in [0.25, 0.3) is 0 Å². The van der Waals surface area contributed by atoms with E-state index in [-0.39, 0.29) is 12.0 Å². The molecule has 3 atom stereocenters. The molecule has 128 valence electrons. The predicted molar refractivity (Wildman–Crippen MR) is 91.1 cm³/mol. The Hall–Kier alpha value is -2.18. The third kappa shape index (κ3) is 3.66. The lowest BCUT2D eigenvalue weighted by atomic mass is 9.96. The molecule has 24 heavy (non-hydrogen) atoms. The van der Waals surface area contributed by atoms with E-state index in [4.69, 9.17) is 10.5 Å². The smallest absolute Gasteiger partial charge is 0.239 e. The fourth-order valence-corrected chi connectivity index (χ4v) is 3.21. The highest BCUT2D eigenvalue weighted by molar-refractivity contribution is 5.81. The topological polar surface area (TPSA) is 82.2 Å².